The average Bonchev–Trinajstić information content (AvgIpc) is 3.30. The Hall–Kier alpha value is -3.65. The number of benzene rings is 3. The van der Waals surface area contributed by atoms with Crippen LogP contribution in [0.4, 0.5) is 4.39 Å². The molecule has 1 amide bonds. The zero-order valence-electron chi connectivity index (χ0n) is 19.9. The number of nitrogens with one attached hydrogen (secondary N) is 1. The number of carbonyl (C=O) groups excluding carboxylic acids is 1. The molecule has 8 heteroatoms. The summed E-state index contributed by atoms with van der Waals surface area (Å²) in [5, 5.41) is 12.2. The van der Waals surface area contributed by atoms with Gasteiger partial charge in [-0.1, -0.05) is 62.0 Å². The van der Waals surface area contributed by atoms with Crippen LogP contribution in [-0.4, -0.2) is 34.3 Å². The molecule has 0 atom stereocenters. The fourth-order valence-corrected chi connectivity index (χ4v) is 4.36. The predicted molar refractivity (Wildman–Crippen MR) is 136 cm³/mol. The maximum Gasteiger partial charge on any atom is 0.251 e. The van der Waals surface area contributed by atoms with Gasteiger partial charge in [-0.3, -0.25) is 9.36 Å². The van der Waals surface area contributed by atoms with Gasteiger partial charge in [-0.25, -0.2) is 4.39 Å². The molecule has 1 heterocycles. The first-order valence-electron chi connectivity index (χ1n) is 11.3. The molecule has 0 bridgehead atoms. The molecule has 0 aliphatic rings. The molecule has 1 N–H and O–H groups in total. The molecule has 0 unspecified atom stereocenters. The third-order valence-corrected chi connectivity index (χ3v) is 6.31. The summed E-state index contributed by atoms with van der Waals surface area (Å²) >= 11 is 1.45. The lowest BCUT2D eigenvalue weighted by Crippen LogP contribution is -2.27. The molecule has 0 fully saturated rings. The summed E-state index contributed by atoms with van der Waals surface area (Å²) in [6.07, 6.45) is 0. The number of halogens is 1. The van der Waals surface area contributed by atoms with Gasteiger partial charge in [0.2, 0.25) is 0 Å². The van der Waals surface area contributed by atoms with Crippen LogP contribution >= 0.6 is 11.8 Å². The van der Waals surface area contributed by atoms with Gasteiger partial charge in [0.1, 0.15) is 11.6 Å². The number of ether oxygens (including phenoxy) is 1. The molecular formula is C27H27FN4O2S. The molecule has 3 aromatic carbocycles. The lowest BCUT2D eigenvalue weighted by atomic mass is 10.1. The van der Waals surface area contributed by atoms with Gasteiger partial charge in [0.25, 0.3) is 5.91 Å². The number of hydrogen-bond donors (Lipinski definition) is 1. The second-order valence-corrected chi connectivity index (χ2v) is 9.36. The highest BCUT2D eigenvalue weighted by molar-refractivity contribution is 7.98. The summed E-state index contributed by atoms with van der Waals surface area (Å²) in [6, 6.07) is 21.5. The van der Waals surface area contributed by atoms with Crippen LogP contribution in [0.15, 0.2) is 78.0 Å². The number of thioether (sulfide) groups is 1. The number of nitrogens with zero attached hydrogens (tertiary/aromatic N) is 3. The molecule has 180 valence electrons. The third kappa shape index (κ3) is 5.89. The van der Waals surface area contributed by atoms with E-state index in [0.29, 0.717) is 46.2 Å². The van der Waals surface area contributed by atoms with Crippen molar-refractivity contribution in [2.75, 3.05) is 13.7 Å². The highest BCUT2D eigenvalue weighted by atomic mass is 32.2. The number of amides is 1. The summed E-state index contributed by atoms with van der Waals surface area (Å²) in [4.78, 5) is 12.3. The van der Waals surface area contributed by atoms with Gasteiger partial charge in [0, 0.05) is 23.4 Å². The lowest BCUT2D eigenvalue weighted by molar-refractivity contribution is 0.0949. The Labute approximate surface area is 208 Å². The van der Waals surface area contributed by atoms with Gasteiger partial charge >= 0.3 is 0 Å². The highest BCUT2D eigenvalue weighted by Gasteiger charge is 2.19. The van der Waals surface area contributed by atoms with E-state index in [1.807, 2.05) is 48.5 Å². The Morgan fingerprint density at radius 3 is 2.54 bits per heavy atom. The number of rotatable bonds is 9. The molecule has 0 aliphatic carbocycles. The van der Waals surface area contributed by atoms with Crippen LogP contribution in [0.3, 0.4) is 0 Å². The summed E-state index contributed by atoms with van der Waals surface area (Å²) in [5.74, 6) is 1.72. The molecule has 4 rings (SSSR count). The first-order chi connectivity index (χ1) is 17.0. The van der Waals surface area contributed by atoms with E-state index in [9.17, 15) is 9.18 Å². The second kappa shape index (κ2) is 11.2. The van der Waals surface area contributed by atoms with E-state index in [1.54, 1.807) is 29.9 Å². The van der Waals surface area contributed by atoms with Gasteiger partial charge in [0.05, 0.1) is 12.8 Å². The van der Waals surface area contributed by atoms with Crippen molar-refractivity contribution in [1.29, 1.82) is 0 Å². The van der Waals surface area contributed by atoms with Gasteiger partial charge in [-0.15, -0.1) is 10.2 Å². The molecule has 6 nitrogen and oxygen atoms in total. The Balaban J connectivity index is 1.59. The Morgan fingerprint density at radius 2 is 1.83 bits per heavy atom. The molecule has 0 spiro atoms. The quantitative estimate of drug-likeness (QED) is 0.302. The van der Waals surface area contributed by atoms with Crippen LogP contribution < -0.4 is 10.1 Å². The van der Waals surface area contributed by atoms with E-state index in [0.717, 1.165) is 11.1 Å². The summed E-state index contributed by atoms with van der Waals surface area (Å²) in [5.41, 5.74) is 2.77. The van der Waals surface area contributed by atoms with Gasteiger partial charge in [-0.05, 0) is 47.9 Å². The molecule has 0 aliphatic heterocycles. The minimum Gasteiger partial charge on any atom is -0.497 e. The molecule has 0 saturated heterocycles. The first kappa shape index (κ1) is 24.5. The van der Waals surface area contributed by atoms with Crippen LogP contribution in [0.1, 0.15) is 29.8 Å². The van der Waals surface area contributed by atoms with Crippen molar-refractivity contribution in [2.24, 2.45) is 5.92 Å². The zero-order valence-corrected chi connectivity index (χ0v) is 20.7. The molecular weight excluding hydrogens is 463 g/mol. The number of carbonyl (C=O) groups is 1. The molecule has 4 aromatic rings. The van der Waals surface area contributed by atoms with E-state index in [4.69, 9.17) is 4.74 Å². The SMILES string of the molecule is COc1cccc(-c2nnc(SCc3ccc(C(=O)NCC(C)C)cc3)n2-c2ccccc2F)c1. The lowest BCUT2D eigenvalue weighted by Gasteiger charge is -2.12. The topological polar surface area (TPSA) is 69.0 Å². The van der Waals surface area contributed by atoms with Crippen LogP contribution in [0.25, 0.3) is 17.1 Å². The zero-order chi connectivity index (χ0) is 24.8. The first-order valence-corrected chi connectivity index (χ1v) is 12.3. The van der Waals surface area contributed by atoms with Crippen molar-refractivity contribution < 1.29 is 13.9 Å². The van der Waals surface area contributed by atoms with E-state index < -0.39 is 0 Å². The second-order valence-electron chi connectivity index (χ2n) is 8.41. The van der Waals surface area contributed by atoms with Crippen LogP contribution in [0.2, 0.25) is 0 Å². The maximum absolute atomic E-state index is 14.8. The standard InChI is InChI=1S/C27H27FN4O2S/c1-18(2)16-29-26(33)20-13-11-19(12-14-20)17-35-27-31-30-25(21-7-6-8-22(15-21)34-3)32(27)24-10-5-4-9-23(24)28/h4-15,18H,16-17H2,1-3H3,(H,29,33). The molecule has 35 heavy (non-hydrogen) atoms. The van der Waals surface area contributed by atoms with Gasteiger partial charge in [-0.2, -0.15) is 0 Å². The smallest absolute Gasteiger partial charge is 0.251 e. The summed E-state index contributed by atoms with van der Waals surface area (Å²) < 4.78 is 21.9. The van der Waals surface area contributed by atoms with Crippen molar-refractivity contribution in [3.8, 4) is 22.8 Å². The molecule has 0 radical (unpaired) electrons. The monoisotopic (exact) mass is 490 g/mol. The normalized spacial score (nSPS) is 11.0. The number of hydrogen-bond acceptors (Lipinski definition) is 5. The highest BCUT2D eigenvalue weighted by Crippen LogP contribution is 2.32. The largest absolute Gasteiger partial charge is 0.497 e. The van der Waals surface area contributed by atoms with Crippen LogP contribution in [0.5, 0.6) is 5.75 Å². The number of para-hydroxylation sites is 1. The Kier molecular flexibility index (Phi) is 7.82. The number of methoxy groups -OCH3 is 1. The average molecular weight is 491 g/mol. The third-order valence-electron chi connectivity index (χ3n) is 5.31. The van der Waals surface area contributed by atoms with Gasteiger partial charge in [0.15, 0.2) is 11.0 Å². The maximum atomic E-state index is 14.8. The number of aromatic nitrogens is 3. The Morgan fingerprint density at radius 1 is 1.06 bits per heavy atom. The van der Waals surface area contributed by atoms with Crippen molar-refractivity contribution in [3.05, 3.63) is 89.7 Å². The minimum atomic E-state index is -0.366. The molecule has 0 saturated carbocycles. The Bertz CT molecular complexity index is 1300. The predicted octanol–water partition coefficient (Wildman–Crippen LogP) is 5.76. The van der Waals surface area contributed by atoms with E-state index in [-0.39, 0.29) is 11.7 Å². The van der Waals surface area contributed by atoms with Crippen molar-refractivity contribution in [1.82, 2.24) is 20.1 Å². The van der Waals surface area contributed by atoms with Crippen LogP contribution in [0, 0.1) is 11.7 Å². The summed E-state index contributed by atoms with van der Waals surface area (Å²) in [6.45, 7) is 4.75. The van der Waals surface area contributed by atoms with E-state index in [2.05, 4.69) is 29.4 Å². The van der Waals surface area contributed by atoms with E-state index >= 15 is 0 Å². The van der Waals surface area contributed by atoms with Crippen LogP contribution in [-0.2, 0) is 5.75 Å². The fraction of sp³-hybridized carbons (Fsp3) is 0.222. The van der Waals surface area contributed by atoms with E-state index in [1.165, 1.54) is 17.8 Å². The minimum absolute atomic E-state index is 0.0832. The molecule has 1 aromatic heterocycles. The van der Waals surface area contributed by atoms with Crippen molar-refractivity contribution in [2.45, 2.75) is 24.8 Å². The fourth-order valence-electron chi connectivity index (χ4n) is 3.46. The van der Waals surface area contributed by atoms with Crippen molar-refractivity contribution in [3.63, 3.8) is 0 Å². The van der Waals surface area contributed by atoms with Crippen molar-refractivity contribution >= 4 is 17.7 Å². The summed E-state index contributed by atoms with van der Waals surface area (Å²) in [7, 11) is 1.60. The van der Waals surface area contributed by atoms with Gasteiger partial charge < -0.3 is 10.1 Å².